The Morgan fingerprint density at radius 3 is 1.97 bits per heavy atom. The first-order valence-electron chi connectivity index (χ1n) is 33.4. The van der Waals surface area contributed by atoms with E-state index in [9.17, 15) is 59.8 Å². The van der Waals surface area contributed by atoms with E-state index < -0.39 is 64.6 Å². The van der Waals surface area contributed by atoms with Crippen molar-refractivity contribution in [1.82, 2.24) is 29.4 Å². The summed E-state index contributed by atoms with van der Waals surface area (Å²) in [5, 5.41) is 14.0. The Balaban J connectivity index is 0.00000477. The molecule has 3 aliphatic heterocycles. The van der Waals surface area contributed by atoms with Crippen molar-refractivity contribution >= 4 is 89.9 Å². The van der Waals surface area contributed by atoms with Crippen LogP contribution in [-0.4, -0.2) is 183 Å². The lowest BCUT2D eigenvalue weighted by Crippen LogP contribution is -2.50. The number of fused-ring (bicyclic) bond motifs is 2. The van der Waals surface area contributed by atoms with Gasteiger partial charge in [-0.3, -0.25) is 24.1 Å². The van der Waals surface area contributed by atoms with E-state index in [1.807, 2.05) is 79.8 Å². The van der Waals surface area contributed by atoms with Gasteiger partial charge in [0.25, 0.3) is 11.8 Å². The standard InChI is InChI=1S/C74H84ClF7N8O8.3ClH/c1-84(34-14-35-86(3)69(94)61-27-26-58(47-63(61)75)83-33-13-5-8-21-66(91)85(2)41-42-87-36-28-59(29-37-87)90(70(95)96)64-20-12-10-18-60(64)51-15-6-4-7-16-51)67(92)48-97-65-45-52-17-9-11-19-62(52)71(65)30-38-88(39-31-71)40-32-72(54-22-24-57(76)25-23-54)49-89(50-98-72)68(93)53-43-55(73(77,78)79)46-56(44-53)74(80,81)82;;;/h4,6-7,9-12,15-20,22-27,43-44,46-47,59,65,83H,5,8,13-14,21,28-42,45,48-50H2,1-3H3,(H,95,96);3*1H/t65-,72+;;;/m0.../s1. The lowest BCUT2D eigenvalue weighted by Gasteiger charge is -2.44. The molecular weight excluding hydrogens is 1400 g/mol. The zero-order valence-electron chi connectivity index (χ0n) is 56.6. The van der Waals surface area contributed by atoms with Crippen LogP contribution in [0.3, 0.4) is 0 Å². The molecule has 2 atom stereocenters. The third-order valence-electron chi connectivity index (χ3n) is 19.9. The molecule has 548 valence electrons. The first-order valence-corrected chi connectivity index (χ1v) is 33.8. The zero-order valence-corrected chi connectivity index (χ0v) is 59.8. The molecule has 3 saturated heterocycles. The number of nitrogens with one attached hydrogen (secondary N) is 1. The van der Waals surface area contributed by atoms with Crippen molar-refractivity contribution < 1.29 is 69.3 Å². The summed E-state index contributed by atoms with van der Waals surface area (Å²) in [4.78, 5) is 78.8. The average molecular weight is 1490 g/mol. The van der Waals surface area contributed by atoms with E-state index in [-0.39, 0.29) is 92.7 Å². The van der Waals surface area contributed by atoms with Gasteiger partial charge in [0, 0.05) is 108 Å². The monoisotopic (exact) mass is 1490 g/mol. The highest BCUT2D eigenvalue weighted by atomic mass is 35.5. The van der Waals surface area contributed by atoms with Gasteiger partial charge in [-0.1, -0.05) is 103 Å². The lowest BCUT2D eigenvalue weighted by atomic mass is 9.72. The molecule has 6 aromatic rings. The summed E-state index contributed by atoms with van der Waals surface area (Å²) in [7, 11) is 5.22. The number of piperidine rings is 2. The molecule has 5 amide bonds. The second-order valence-electron chi connectivity index (χ2n) is 26.2. The Labute approximate surface area is 608 Å². The summed E-state index contributed by atoms with van der Waals surface area (Å²) >= 11 is 6.68. The smallest absolute Gasteiger partial charge is 0.416 e. The first-order chi connectivity index (χ1) is 46.8. The predicted octanol–water partition coefficient (Wildman–Crippen LogP) is 14.8. The van der Waals surface area contributed by atoms with E-state index in [2.05, 4.69) is 27.2 Å². The molecule has 0 unspecified atom stereocenters. The average Bonchev–Trinajstić information content (AvgIpc) is 1.61. The highest BCUT2D eigenvalue weighted by molar-refractivity contribution is 6.34. The molecule has 16 nitrogen and oxygen atoms in total. The van der Waals surface area contributed by atoms with E-state index in [4.69, 9.17) is 21.1 Å². The number of likely N-dealkylation sites (N-methyl/N-ethyl adjacent to an activating group) is 2. The molecule has 10 rings (SSSR count). The number of rotatable bonds is 26. The van der Waals surface area contributed by atoms with Gasteiger partial charge in [-0.05, 0) is 148 Å². The minimum atomic E-state index is -5.15. The van der Waals surface area contributed by atoms with Crippen molar-refractivity contribution in [3.63, 3.8) is 0 Å². The molecule has 4 aliphatic rings. The van der Waals surface area contributed by atoms with Gasteiger partial charge in [0.2, 0.25) is 11.8 Å². The van der Waals surface area contributed by atoms with Crippen LogP contribution in [0.25, 0.3) is 11.1 Å². The van der Waals surface area contributed by atoms with Gasteiger partial charge in [-0.15, -0.1) is 37.2 Å². The topological polar surface area (TPSA) is 159 Å². The van der Waals surface area contributed by atoms with E-state index in [1.165, 1.54) is 29.2 Å². The number of hydrogen-bond acceptors (Lipinski definition) is 10. The summed E-state index contributed by atoms with van der Waals surface area (Å²) in [6.45, 7) is 4.91. The molecule has 0 saturated carbocycles. The molecular formula is C74H87Cl4F7N8O8. The van der Waals surface area contributed by atoms with Crippen LogP contribution in [0.4, 0.5) is 46.9 Å². The largest absolute Gasteiger partial charge is 0.465 e. The highest BCUT2D eigenvalue weighted by Crippen LogP contribution is 2.49. The Morgan fingerprint density at radius 2 is 1.31 bits per heavy atom. The third kappa shape index (κ3) is 19.9. The highest BCUT2D eigenvalue weighted by Gasteiger charge is 2.50. The molecule has 2 N–H and O–H groups in total. The number of carbonyl (C=O) groups excluding carboxylic acids is 4. The van der Waals surface area contributed by atoms with Crippen molar-refractivity contribution in [2.75, 3.05) is 117 Å². The zero-order chi connectivity index (χ0) is 69.9. The summed E-state index contributed by atoms with van der Waals surface area (Å²) in [5.41, 5.74) is 0.698. The summed E-state index contributed by atoms with van der Waals surface area (Å²) in [5.74, 6) is -2.01. The van der Waals surface area contributed by atoms with Gasteiger partial charge < -0.3 is 49.3 Å². The van der Waals surface area contributed by atoms with Crippen LogP contribution in [0.1, 0.15) is 113 Å². The van der Waals surface area contributed by atoms with Crippen LogP contribution < -0.4 is 10.2 Å². The number of carboxylic acid groups (broad SMARTS) is 1. The number of likely N-dealkylation sites (tertiary alicyclic amines) is 2. The number of benzene rings is 6. The van der Waals surface area contributed by atoms with Crippen LogP contribution in [0.15, 0.2) is 140 Å². The number of ether oxygens (including phenoxy) is 2. The number of carbonyl (C=O) groups is 5. The molecule has 0 radical (unpaired) electrons. The molecule has 3 fully saturated rings. The van der Waals surface area contributed by atoms with Crippen molar-refractivity contribution in [3.05, 3.63) is 189 Å². The van der Waals surface area contributed by atoms with Gasteiger partial charge in [-0.25, -0.2) is 9.18 Å². The van der Waals surface area contributed by atoms with E-state index in [0.717, 1.165) is 65.2 Å². The number of anilines is 2. The lowest BCUT2D eigenvalue weighted by molar-refractivity contribution is -0.143. The van der Waals surface area contributed by atoms with Crippen molar-refractivity contribution in [1.29, 1.82) is 0 Å². The molecule has 1 aliphatic carbocycles. The predicted molar refractivity (Wildman–Crippen MR) is 382 cm³/mol. The maximum absolute atomic E-state index is 14.2. The SMILES string of the molecule is CN(CCN1CCC(N(C(=O)O)c2ccccc2-c2ccccc2)CC1)C(=O)CCCCCNc1ccc(C(=O)N(C)CCCN(C)C(=O)CO[C@H]2Cc3ccccc3C23CCN(CC[C@]2(c4ccc(F)cc4)CN(C(=O)c4cc(C(F)(F)F)cc(C(F)(F)F)c4)CO2)CC3)c(Cl)c1.Cl.Cl.Cl. The quantitative estimate of drug-likeness (QED) is 0.0393. The van der Waals surface area contributed by atoms with Gasteiger partial charge in [0.05, 0.1) is 40.0 Å². The number of alkyl halides is 6. The maximum atomic E-state index is 14.2. The summed E-state index contributed by atoms with van der Waals surface area (Å²) in [6.07, 6.45) is -4.72. The van der Waals surface area contributed by atoms with Crippen LogP contribution in [0.5, 0.6) is 0 Å². The number of para-hydroxylation sites is 1. The minimum absolute atomic E-state index is 0. The molecule has 0 bridgehead atoms. The van der Waals surface area contributed by atoms with Crippen molar-refractivity contribution in [3.8, 4) is 11.1 Å². The third-order valence-corrected chi connectivity index (χ3v) is 20.2. The van der Waals surface area contributed by atoms with Crippen LogP contribution in [-0.2, 0) is 48.9 Å². The van der Waals surface area contributed by atoms with Gasteiger partial charge in [-0.2, -0.15) is 26.3 Å². The van der Waals surface area contributed by atoms with Crippen LogP contribution >= 0.6 is 48.8 Å². The van der Waals surface area contributed by atoms with Gasteiger partial charge in [0.1, 0.15) is 24.8 Å². The first kappa shape index (κ1) is 81.1. The Morgan fingerprint density at radius 1 is 0.683 bits per heavy atom. The number of halogens is 11. The summed E-state index contributed by atoms with van der Waals surface area (Å²) in [6, 6.07) is 36.8. The van der Waals surface area contributed by atoms with E-state index in [1.54, 1.807) is 40.9 Å². The number of unbranched alkanes of at least 4 members (excludes halogenated alkanes) is 2. The minimum Gasteiger partial charge on any atom is -0.465 e. The maximum Gasteiger partial charge on any atom is 0.416 e. The Bertz CT molecular complexity index is 3740. The molecule has 27 heteroatoms. The molecule has 101 heavy (non-hydrogen) atoms. The molecule has 6 aromatic carbocycles. The van der Waals surface area contributed by atoms with Gasteiger partial charge >= 0.3 is 18.4 Å². The van der Waals surface area contributed by atoms with Crippen molar-refractivity contribution in [2.45, 2.75) is 106 Å². The molecule has 0 aromatic heterocycles. The molecule has 1 spiro atoms. The fourth-order valence-corrected chi connectivity index (χ4v) is 14.4. The Kier molecular flexibility index (Phi) is 28.7. The fraction of sp³-hybridized carbons (Fsp3) is 0.446. The van der Waals surface area contributed by atoms with Crippen LogP contribution in [0.2, 0.25) is 5.02 Å². The van der Waals surface area contributed by atoms with E-state index in [0.29, 0.717) is 131 Å². The second-order valence-corrected chi connectivity index (χ2v) is 26.6. The number of amides is 5. The summed E-state index contributed by atoms with van der Waals surface area (Å²) < 4.78 is 110. The number of hydrogen-bond donors (Lipinski definition) is 2. The van der Waals surface area contributed by atoms with Gasteiger partial charge in [0.15, 0.2) is 0 Å². The second kappa shape index (κ2) is 35.8. The normalized spacial score (nSPS) is 17.6. The Hall–Kier alpha value is -7.22. The van der Waals surface area contributed by atoms with E-state index >= 15 is 0 Å². The van der Waals surface area contributed by atoms with Crippen LogP contribution in [0, 0.1) is 5.82 Å². The van der Waals surface area contributed by atoms with Crippen molar-refractivity contribution in [2.24, 2.45) is 0 Å². The molecule has 3 heterocycles. The number of nitrogens with zero attached hydrogens (tertiary/aromatic N) is 7. The fourth-order valence-electron chi connectivity index (χ4n) is 14.2.